The van der Waals surface area contributed by atoms with E-state index in [-0.39, 0.29) is 0 Å². The molecule has 0 bridgehead atoms. The summed E-state index contributed by atoms with van der Waals surface area (Å²) >= 11 is 0. The molecule has 0 aromatic rings. The molecule has 0 atom stereocenters. The minimum atomic E-state index is 0.371. The van der Waals surface area contributed by atoms with Gasteiger partial charge in [-0.2, -0.15) is 5.26 Å². The molecule has 0 saturated carbocycles. The molecule has 46 valence electrons. The molecular weight excluding hydrogens is 116 g/mol. The van der Waals surface area contributed by atoms with E-state index in [1.807, 2.05) is 6.07 Å². The summed E-state index contributed by atoms with van der Waals surface area (Å²) in [7, 11) is 0. The molecule has 0 amide bonds. The van der Waals surface area contributed by atoms with Crippen molar-refractivity contribution in [2.75, 3.05) is 6.54 Å². The molecule has 1 heterocycles. The first-order valence-corrected chi connectivity index (χ1v) is 2.55. The van der Waals surface area contributed by atoms with Crippen molar-refractivity contribution in [2.24, 2.45) is 0 Å². The predicted octanol–water partition coefficient (Wildman–Crippen LogP) is 0.785. The second kappa shape index (κ2) is 2.78. The molecule has 1 aliphatic heterocycles. The van der Waals surface area contributed by atoms with Gasteiger partial charge in [0.05, 0.1) is 6.07 Å². The van der Waals surface area contributed by atoms with Gasteiger partial charge in [-0.25, -0.2) is 0 Å². The molecular formula is C6H6N2O. The first kappa shape index (κ1) is 5.70. The van der Waals surface area contributed by atoms with Crippen molar-refractivity contribution in [3.8, 4) is 6.07 Å². The zero-order valence-electron chi connectivity index (χ0n) is 4.82. The Kier molecular flexibility index (Phi) is 1.76. The highest BCUT2D eigenvalue weighted by Crippen LogP contribution is 1.97. The van der Waals surface area contributed by atoms with Gasteiger partial charge in [0.15, 0.2) is 0 Å². The van der Waals surface area contributed by atoms with Crippen LogP contribution >= 0.6 is 0 Å². The smallest absolute Gasteiger partial charge is 0.109 e. The van der Waals surface area contributed by atoms with Crippen LogP contribution in [0.4, 0.5) is 0 Å². The van der Waals surface area contributed by atoms with Crippen molar-refractivity contribution >= 4 is 0 Å². The van der Waals surface area contributed by atoms with Crippen LogP contribution in [-0.4, -0.2) is 11.4 Å². The van der Waals surface area contributed by atoms with E-state index >= 15 is 0 Å². The number of ether oxygens (including phenoxy) is 1. The van der Waals surface area contributed by atoms with Gasteiger partial charge < -0.3 is 9.64 Å². The van der Waals surface area contributed by atoms with Crippen molar-refractivity contribution < 1.29 is 4.74 Å². The van der Waals surface area contributed by atoms with Gasteiger partial charge in [0.25, 0.3) is 0 Å². The fourth-order valence-corrected chi connectivity index (χ4v) is 0.509. The van der Waals surface area contributed by atoms with Gasteiger partial charge in [0, 0.05) is 12.4 Å². The first-order valence-electron chi connectivity index (χ1n) is 2.55. The van der Waals surface area contributed by atoms with E-state index in [4.69, 9.17) is 10.00 Å². The van der Waals surface area contributed by atoms with Crippen molar-refractivity contribution in [1.82, 2.24) is 4.90 Å². The fraction of sp³-hybridized carbons (Fsp3) is 0.167. The van der Waals surface area contributed by atoms with Crippen LogP contribution in [0.1, 0.15) is 0 Å². The molecule has 3 heteroatoms. The molecule has 0 radical (unpaired) electrons. The minimum Gasteiger partial charge on any atom is -0.470 e. The molecule has 9 heavy (non-hydrogen) atoms. The molecule has 0 unspecified atom stereocenters. The highest BCUT2D eigenvalue weighted by Gasteiger charge is 1.93. The van der Waals surface area contributed by atoms with Crippen molar-refractivity contribution in [3.05, 3.63) is 24.9 Å². The molecule has 3 nitrogen and oxygen atoms in total. The summed E-state index contributed by atoms with van der Waals surface area (Å²) < 4.78 is 4.73. The largest absolute Gasteiger partial charge is 0.470 e. The fourth-order valence-electron chi connectivity index (χ4n) is 0.509. The molecule has 0 spiro atoms. The van der Waals surface area contributed by atoms with Crippen LogP contribution in [0.15, 0.2) is 24.9 Å². The Morgan fingerprint density at radius 1 is 1.44 bits per heavy atom. The number of rotatable bonds is 1. The van der Waals surface area contributed by atoms with Crippen molar-refractivity contribution in [1.29, 1.82) is 5.26 Å². The highest BCUT2D eigenvalue weighted by atomic mass is 16.5. The van der Waals surface area contributed by atoms with E-state index in [9.17, 15) is 0 Å². The van der Waals surface area contributed by atoms with Crippen LogP contribution in [0.3, 0.4) is 0 Å². The predicted molar refractivity (Wildman–Crippen MR) is 31.7 cm³/mol. The first-order chi connectivity index (χ1) is 4.43. The average molecular weight is 122 g/mol. The molecule has 0 aliphatic carbocycles. The lowest BCUT2D eigenvalue weighted by Gasteiger charge is -2.12. The summed E-state index contributed by atoms with van der Waals surface area (Å²) in [6, 6.07) is 2.01. The average Bonchev–Trinajstić information content (AvgIpc) is 1.91. The maximum Gasteiger partial charge on any atom is 0.109 e. The molecule has 0 aromatic heterocycles. The van der Waals surface area contributed by atoms with Gasteiger partial charge in [-0.3, -0.25) is 0 Å². The van der Waals surface area contributed by atoms with Gasteiger partial charge in [-0.15, -0.1) is 0 Å². The molecule has 0 N–H and O–H groups in total. The Hall–Kier alpha value is -1.43. The summed E-state index contributed by atoms with van der Waals surface area (Å²) in [6.45, 7) is 0.371. The second-order valence-electron chi connectivity index (χ2n) is 1.54. The van der Waals surface area contributed by atoms with Crippen LogP contribution < -0.4 is 0 Å². The third-order valence-electron chi connectivity index (χ3n) is 0.915. The van der Waals surface area contributed by atoms with Gasteiger partial charge in [-0.1, -0.05) is 0 Å². The topological polar surface area (TPSA) is 36.3 Å². The Balaban J connectivity index is 2.42. The van der Waals surface area contributed by atoms with Gasteiger partial charge >= 0.3 is 0 Å². The number of nitriles is 1. The Morgan fingerprint density at radius 2 is 2.11 bits per heavy atom. The minimum absolute atomic E-state index is 0.371. The zero-order chi connectivity index (χ0) is 6.53. The maximum absolute atomic E-state index is 8.22. The van der Waals surface area contributed by atoms with E-state index in [0.29, 0.717) is 6.54 Å². The van der Waals surface area contributed by atoms with E-state index in [1.165, 1.54) is 12.5 Å². The number of nitrogens with zero attached hydrogens (tertiary/aromatic N) is 2. The number of hydrogen-bond acceptors (Lipinski definition) is 3. The monoisotopic (exact) mass is 122 g/mol. The normalized spacial score (nSPS) is 14.8. The van der Waals surface area contributed by atoms with Crippen LogP contribution in [0.5, 0.6) is 0 Å². The van der Waals surface area contributed by atoms with E-state index in [1.54, 1.807) is 17.3 Å². The Morgan fingerprint density at radius 3 is 2.67 bits per heavy atom. The summed E-state index contributed by atoms with van der Waals surface area (Å²) in [6.07, 6.45) is 6.45. The van der Waals surface area contributed by atoms with Crippen LogP contribution in [0, 0.1) is 11.3 Å². The van der Waals surface area contributed by atoms with Crippen molar-refractivity contribution in [2.45, 2.75) is 0 Å². The standard InChI is InChI=1S/C6H6N2O/c7-1-2-8-3-5-9-6-4-8/h3-6H,2H2. The lowest BCUT2D eigenvalue weighted by molar-refractivity contribution is 0.354. The van der Waals surface area contributed by atoms with Crippen LogP contribution in [0.2, 0.25) is 0 Å². The van der Waals surface area contributed by atoms with Crippen molar-refractivity contribution in [3.63, 3.8) is 0 Å². The lowest BCUT2D eigenvalue weighted by atomic mass is 10.6. The quantitative estimate of drug-likeness (QED) is 0.482. The third kappa shape index (κ3) is 1.50. The third-order valence-corrected chi connectivity index (χ3v) is 0.915. The molecule has 0 fully saturated rings. The van der Waals surface area contributed by atoms with Gasteiger partial charge in [-0.05, 0) is 0 Å². The number of hydrogen-bond donors (Lipinski definition) is 0. The van der Waals surface area contributed by atoms with E-state index in [0.717, 1.165) is 0 Å². The zero-order valence-corrected chi connectivity index (χ0v) is 4.82. The van der Waals surface area contributed by atoms with Crippen LogP contribution in [-0.2, 0) is 4.74 Å². The Bertz CT molecular complexity index is 166. The molecule has 0 aromatic carbocycles. The summed E-state index contributed by atoms with van der Waals surface area (Å²) in [5.41, 5.74) is 0. The molecule has 1 aliphatic rings. The maximum atomic E-state index is 8.22. The summed E-state index contributed by atoms with van der Waals surface area (Å²) in [5.74, 6) is 0. The van der Waals surface area contributed by atoms with E-state index in [2.05, 4.69) is 0 Å². The lowest BCUT2D eigenvalue weighted by Crippen LogP contribution is -2.11. The SMILES string of the molecule is N#CCN1C=COC=C1. The van der Waals surface area contributed by atoms with Gasteiger partial charge in [0.1, 0.15) is 19.1 Å². The Labute approximate surface area is 53.4 Å². The highest BCUT2D eigenvalue weighted by molar-refractivity contribution is 4.95. The summed E-state index contributed by atoms with van der Waals surface area (Å²) in [4.78, 5) is 1.73. The molecule has 1 rings (SSSR count). The second-order valence-corrected chi connectivity index (χ2v) is 1.54. The van der Waals surface area contributed by atoms with Crippen LogP contribution in [0.25, 0.3) is 0 Å². The van der Waals surface area contributed by atoms with Gasteiger partial charge in [0.2, 0.25) is 0 Å². The summed E-state index contributed by atoms with van der Waals surface area (Å²) in [5, 5.41) is 8.22. The molecule has 0 saturated heterocycles. The van der Waals surface area contributed by atoms with E-state index < -0.39 is 0 Å².